The van der Waals surface area contributed by atoms with E-state index in [1.165, 1.54) is 24.1 Å². The molecule has 1 fully saturated rings. The molecule has 1 heterocycles. The fraction of sp³-hybridized carbons (Fsp3) is 0.350. The maximum Gasteiger partial charge on any atom is 0.166 e. The lowest BCUT2D eigenvalue weighted by Crippen LogP contribution is -3.14. The third-order valence-electron chi connectivity index (χ3n) is 4.67. The van der Waals surface area contributed by atoms with E-state index in [0.29, 0.717) is 31.1 Å². The number of nitrogens with zero attached hydrogens (tertiary/aromatic N) is 1. The van der Waals surface area contributed by atoms with Crippen molar-refractivity contribution in [3.8, 4) is 11.5 Å². The molecule has 1 saturated heterocycles. The number of halogens is 1. The second-order valence-electron chi connectivity index (χ2n) is 6.27. The summed E-state index contributed by atoms with van der Waals surface area (Å²) in [5.74, 6) is 0.257. The number of hydrogen-bond acceptors (Lipinski definition) is 4. The molecule has 0 saturated carbocycles. The number of morpholine rings is 1. The third-order valence-corrected chi connectivity index (χ3v) is 4.67. The molecule has 0 amide bonds. The average molecular weight is 359 g/mol. The van der Waals surface area contributed by atoms with Crippen LogP contribution in [0.5, 0.6) is 11.5 Å². The smallest absolute Gasteiger partial charge is 0.166 e. The van der Waals surface area contributed by atoms with E-state index < -0.39 is 0 Å². The van der Waals surface area contributed by atoms with Crippen molar-refractivity contribution in [3.05, 3.63) is 59.4 Å². The number of nitrogens with one attached hydrogen (secondary N) is 1. The fourth-order valence-electron chi connectivity index (χ4n) is 3.21. The zero-order valence-corrected chi connectivity index (χ0v) is 14.8. The normalized spacial score (nSPS) is 16.7. The van der Waals surface area contributed by atoms with Crippen molar-refractivity contribution in [2.75, 3.05) is 40.0 Å². The van der Waals surface area contributed by atoms with E-state index in [0.717, 1.165) is 18.7 Å². The highest BCUT2D eigenvalue weighted by atomic mass is 19.1. The van der Waals surface area contributed by atoms with E-state index >= 15 is 0 Å². The largest absolute Gasteiger partial charge is 0.504 e. The molecular weight excluding hydrogens is 335 g/mol. The van der Waals surface area contributed by atoms with Gasteiger partial charge in [-0.25, -0.2) is 4.39 Å². The highest BCUT2D eigenvalue weighted by Crippen LogP contribution is 2.28. The van der Waals surface area contributed by atoms with Crippen molar-refractivity contribution in [1.82, 2.24) is 0 Å². The Balaban J connectivity index is 1.78. The molecule has 26 heavy (non-hydrogen) atoms. The summed E-state index contributed by atoms with van der Waals surface area (Å²) in [6, 6.07) is 12.0. The quantitative estimate of drug-likeness (QED) is 0.771. The van der Waals surface area contributed by atoms with Gasteiger partial charge in [0.15, 0.2) is 11.5 Å². The summed E-state index contributed by atoms with van der Waals surface area (Å²) < 4.78 is 23.9. The van der Waals surface area contributed by atoms with Gasteiger partial charge in [0, 0.05) is 17.3 Å². The number of ether oxygens (including phenoxy) is 2. The first kappa shape index (κ1) is 18.4. The van der Waals surface area contributed by atoms with E-state index in [1.807, 2.05) is 18.2 Å². The summed E-state index contributed by atoms with van der Waals surface area (Å²) in [6.45, 7) is 3.75. The van der Waals surface area contributed by atoms with Crippen LogP contribution < -0.4 is 9.64 Å². The number of quaternary nitrogens is 1. The van der Waals surface area contributed by atoms with Crippen molar-refractivity contribution >= 4 is 6.21 Å². The van der Waals surface area contributed by atoms with E-state index in [2.05, 4.69) is 4.99 Å². The summed E-state index contributed by atoms with van der Waals surface area (Å²) >= 11 is 0. The highest BCUT2D eigenvalue weighted by molar-refractivity contribution is 5.84. The number of benzene rings is 2. The molecule has 2 aromatic carbocycles. The van der Waals surface area contributed by atoms with E-state index in [9.17, 15) is 9.50 Å². The van der Waals surface area contributed by atoms with Gasteiger partial charge in [-0.3, -0.25) is 4.99 Å². The summed E-state index contributed by atoms with van der Waals surface area (Å²) in [5, 5.41) is 10.2. The molecule has 0 bridgehead atoms. The predicted molar refractivity (Wildman–Crippen MR) is 97.8 cm³/mol. The first-order chi connectivity index (χ1) is 12.7. The number of para-hydroxylation sites is 1. The molecule has 0 unspecified atom stereocenters. The van der Waals surface area contributed by atoms with Gasteiger partial charge in [-0.1, -0.05) is 18.2 Å². The lowest BCUT2D eigenvalue weighted by atomic mass is 10.0. The minimum atomic E-state index is -0.241. The van der Waals surface area contributed by atoms with Crippen LogP contribution in [0.4, 0.5) is 4.39 Å². The van der Waals surface area contributed by atoms with Crippen LogP contribution in [0.15, 0.2) is 47.5 Å². The number of aliphatic imine (C=N–C) groups is 1. The Morgan fingerprint density at radius 3 is 2.65 bits per heavy atom. The topological polar surface area (TPSA) is 55.5 Å². The number of phenols is 1. The molecular formula is C20H24FN2O3+. The van der Waals surface area contributed by atoms with Gasteiger partial charge in [-0.05, 0) is 24.3 Å². The Morgan fingerprint density at radius 1 is 1.23 bits per heavy atom. The molecule has 6 heteroatoms. The Labute approximate surface area is 152 Å². The maximum absolute atomic E-state index is 13.3. The van der Waals surface area contributed by atoms with Crippen molar-refractivity contribution in [2.45, 2.75) is 6.04 Å². The van der Waals surface area contributed by atoms with Gasteiger partial charge >= 0.3 is 0 Å². The van der Waals surface area contributed by atoms with Gasteiger partial charge in [0.25, 0.3) is 0 Å². The van der Waals surface area contributed by atoms with Crippen molar-refractivity contribution < 1.29 is 23.9 Å². The number of aromatic hydroxyl groups is 1. The Kier molecular flexibility index (Phi) is 6.20. The van der Waals surface area contributed by atoms with Crippen LogP contribution in [-0.2, 0) is 4.74 Å². The maximum atomic E-state index is 13.3. The highest BCUT2D eigenvalue weighted by Gasteiger charge is 2.26. The molecule has 2 N–H and O–H groups in total. The van der Waals surface area contributed by atoms with Gasteiger partial charge in [-0.2, -0.15) is 0 Å². The number of phenolic OH excluding ortho intramolecular Hbond substituents is 1. The molecule has 0 spiro atoms. The number of hydrogen-bond donors (Lipinski definition) is 2. The molecule has 1 aliphatic rings. The molecule has 0 aromatic heterocycles. The minimum absolute atomic E-state index is 0.0794. The van der Waals surface area contributed by atoms with Crippen LogP contribution in [0.2, 0.25) is 0 Å². The summed E-state index contributed by atoms with van der Waals surface area (Å²) in [5.41, 5.74) is 1.66. The SMILES string of the molecule is COc1cccc(C=NC[C@H](c2ccc(F)cc2)[NH+]2CCOCC2)c1O. The van der Waals surface area contributed by atoms with Crippen molar-refractivity contribution in [1.29, 1.82) is 0 Å². The summed E-state index contributed by atoms with van der Waals surface area (Å²) in [7, 11) is 1.52. The first-order valence-corrected chi connectivity index (χ1v) is 8.72. The zero-order chi connectivity index (χ0) is 18.4. The standard InChI is InChI=1S/C20H23FN2O3/c1-25-19-4-2-3-16(20(19)24)13-22-14-18(23-9-11-26-12-10-23)15-5-7-17(21)8-6-15/h2-8,13,18,24H,9-12,14H2,1H3/p+1/t18-/m1/s1. The van der Waals surface area contributed by atoms with Crippen molar-refractivity contribution in [3.63, 3.8) is 0 Å². The van der Waals surface area contributed by atoms with Crippen LogP contribution in [-0.4, -0.2) is 51.3 Å². The van der Waals surface area contributed by atoms with Gasteiger partial charge in [0.05, 0.1) is 26.9 Å². The van der Waals surface area contributed by atoms with Crippen molar-refractivity contribution in [2.24, 2.45) is 4.99 Å². The molecule has 138 valence electrons. The number of rotatable bonds is 6. The molecule has 0 aliphatic carbocycles. The second-order valence-corrected chi connectivity index (χ2v) is 6.27. The van der Waals surface area contributed by atoms with E-state index in [4.69, 9.17) is 9.47 Å². The van der Waals surface area contributed by atoms with Gasteiger partial charge in [0.2, 0.25) is 0 Å². The molecule has 2 aromatic rings. The van der Waals surface area contributed by atoms with Crippen LogP contribution in [0.3, 0.4) is 0 Å². The molecule has 3 rings (SSSR count). The lowest BCUT2D eigenvalue weighted by Gasteiger charge is -2.31. The molecule has 0 radical (unpaired) electrons. The lowest BCUT2D eigenvalue weighted by molar-refractivity contribution is -0.937. The van der Waals surface area contributed by atoms with Gasteiger partial charge in [0.1, 0.15) is 24.9 Å². The monoisotopic (exact) mass is 359 g/mol. The van der Waals surface area contributed by atoms with Crippen LogP contribution in [0, 0.1) is 5.82 Å². The van der Waals surface area contributed by atoms with Crippen LogP contribution in [0.1, 0.15) is 17.2 Å². The minimum Gasteiger partial charge on any atom is -0.504 e. The first-order valence-electron chi connectivity index (χ1n) is 8.72. The van der Waals surface area contributed by atoms with Gasteiger partial charge < -0.3 is 19.5 Å². The molecule has 1 aliphatic heterocycles. The number of methoxy groups -OCH3 is 1. The molecule has 5 nitrogen and oxygen atoms in total. The Morgan fingerprint density at radius 2 is 1.96 bits per heavy atom. The van der Waals surface area contributed by atoms with Gasteiger partial charge in [-0.15, -0.1) is 0 Å². The Hall–Kier alpha value is -2.44. The average Bonchev–Trinajstić information content (AvgIpc) is 2.68. The van der Waals surface area contributed by atoms with Crippen LogP contribution >= 0.6 is 0 Å². The predicted octanol–water partition coefficient (Wildman–Crippen LogP) is 1.62. The van der Waals surface area contributed by atoms with E-state index in [-0.39, 0.29) is 17.6 Å². The Bertz CT molecular complexity index is 743. The zero-order valence-electron chi connectivity index (χ0n) is 14.8. The van der Waals surface area contributed by atoms with Crippen LogP contribution in [0.25, 0.3) is 0 Å². The molecule has 1 atom stereocenters. The third kappa shape index (κ3) is 4.39. The second kappa shape index (κ2) is 8.78. The summed E-state index contributed by atoms with van der Waals surface area (Å²) in [4.78, 5) is 5.93. The fourth-order valence-corrected chi connectivity index (χ4v) is 3.21. The summed E-state index contributed by atoms with van der Waals surface area (Å²) in [6.07, 6.45) is 1.66. The van der Waals surface area contributed by atoms with E-state index in [1.54, 1.807) is 18.3 Å².